The molecule has 0 aromatic heterocycles. The number of hydrogen-bond donors (Lipinski definition) is 0. The highest BCUT2D eigenvalue weighted by Crippen LogP contribution is 2.24. The number of nitro groups is 1. The summed E-state index contributed by atoms with van der Waals surface area (Å²) in [7, 11) is -4.51. The Balaban J connectivity index is 3.18. The molecule has 0 aliphatic carbocycles. The molecule has 0 aliphatic heterocycles. The van der Waals surface area contributed by atoms with Crippen LogP contribution in [0.3, 0.4) is 0 Å². The summed E-state index contributed by atoms with van der Waals surface area (Å²) in [6.45, 7) is 5.26. The van der Waals surface area contributed by atoms with Gasteiger partial charge in [-0.05, 0) is 31.4 Å². The lowest BCUT2D eigenvalue weighted by atomic mass is 10.00. The Morgan fingerprint density at radius 2 is 1.52 bits per heavy atom. The number of nitrogens with zero attached hydrogens (tertiary/aromatic N) is 1. The second-order valence-electron chi connectivity index (χ2n) is 6.07. The molecule has 1 rings (SSSR count). The zero-order valence-corrected chi connectivity index (χ0v) is 17.3. The lowest BCUT2D eigenvalue weighted by Crippen LogP contribution is -2.40. The number of non-ortho nitro benzene ring substituents is 1. The van der Waals surface area contributed by atoms with E-state index in [0.717, 1.165) is 24.3 Å². The minimum Gasteiger partial charge on any atom is -0.465 e. The van der Waals surface area contributed by atoms with Gasteiger partial charge in [-0.1, -0.05) is 20.8 Å². The van der Waals surface area contributed by atoms with E-state index in [-0.39, 0.29) is 25.3 Å². The van der Waals surface area contributed by atoms with E-state index < -0.39 is 43.9 Å². The number of benzene rings is 1. The maximum Gasteiger partial charge on any atom is 0.337 e. The molecule has 0 bridgehead atoms. The summed E-state index contributed by atoms with van der Waals surface area (Å²) in [5.74, 6) is -2.97. The maximum absolute atomic E-state index is 12.6. The highest BCUT2D eigenvalue weighted by Gasteiger charge is 2.40. The molecule has 0 fully saturated rings. The van der Waals surface area contributed by atoms with Crippen LogP contribution in [-0.4, -0.2) is 44.6 Å². The first-order valence-electron chi connectivity index (χ1n) is 9.18. The molecule has 1 aromatic rings. The molecule has 1 aromatic carbocycles. The molecule has 0 amide bonds. The van der Waals surface area contributed by atoms with Crippen molar-refractivity contribution in [3.63, 3.8) is 0 Å². The van der Waals surface area contributed by atoms with E-state index in [0.29, 0.717) is 12.8 Å². The maximum atomic E-state index is 12.6. The fourth-order valence-electron chi connectivity index (χ4n) is 2.30. The molecule has 0 unspecified atom stereocenters. The first-order chi connectivity index (χ1) is 13.7. The van der Waals surface area contributed by atoms with Crippen LogP contribution in [0.15, 0.2) is 29.2 Å². The lowest BCUT2D eigenvalue weighted by Gasteiger charge is -2.23. The fraction of sp³-hybridized carbons (Fsp3) is 0.556. The van der Waals surface area contributed by atoms with Crippen LogP contribution >= 0.6 is 0 Å². The summed E-state index contributed by atoms with van der Waals surface area (Å²) in [6.07, 6.45) is -0.625. The van der Waals surface area contributed by atoms with Crippen molar-refractivity contribution in [1.29, 1.82) is 0 Å². The van der Waals surface area contributed by atoms with Gasteiger partial charge in [-0.25, -0.2) is 4.79 Å². The summed E-state index contributed by atoms with van der Waals surface area (Å²) in [5.41, 5.74) is -0.308. The van der Waals surface area contributed by atoms with Gasteiger partial charge < -0.3 is 9.47 Å². The van der Waals surface area contributed by atoms with E-state index in [9.17, 15) is 28.1 Å². The van der Waals surface area contributed by atoms with Crippen molar-refractivity contribution in [2.75, 3.05) is 13.2 Å². The van der Waals surface area contributed by atoms with Crippen molar-refractivity contribution in [3.8, 4) is 0 Å². The Kier molecular flexibility index (Phi) is 9.69. The third-order valence-corrected chi connectivity index (χ3v) is 5.11. The number of rotatable bonds is 12. The average Bonchev–Trinajstić information content (AvgIpc) is 2.70. The van der Waals surface area contributed by atoms with Crippen molar-refractivity contribution < 1.29 is 36.6 Å². The van der Waals surface area contributed by atoms with Gasteiger partial charge in [-0.15, -0.1) is 0 Å². The molecule has 0 aliphatic rings. The van der Waals surface area contributed by atoms with Gasteiger partial charge in [0, 0.05) is 12.1 Å². The van der Waals surface area contributed by atoms with E-state index in [1.54, 1.807) is 20.8 Å². The number of carbonyl (C=O) groups is 2. The molecular formula is C18H25NO9S. The van der Waals surface area contributed by atoms with Crippen molar-refractivity contribution >= 4 is 27.7 Å². The summed E-state index contributed by atoms with van der Waals surface area (Å²) in [4.78, 5) is 34.4. The molecular weight excluding hydrogens is 406 g/mol. The molecule has 10 nitrogen and oxygen atoms in total. The predicted molar refractivity (Wildman–Crippen MR) is 101 cm³/mol. The third-order valence-electron chi connectivity index (χ3n) is 3.80. The Labute approximate surface area is 169 Å². The van der Waals surface area contributed by atoms with Gasteiger partial charge in [0.1, 0.15) is 0 Å². The molecule has 0 saturated heterocycles. The molecule has 2 atom stereocenters. The summed E-state index contributed by atoms with van der Waals surface area (Å²) < 4.78 is 40.3. The highest BCUT2D eigenvalue weighted by molar-refractivity contribution is 7.86. The third kappa shape index (κ3) is 7.09. The van der Waals surface area contributed by atoms with Gasteiger partial charge in [-0.2, -0.15) is 8.42 Å². The topological polar surface area (TPSA) is 139 Å². The van der Waals surface area contributed by atoms with E-state index in [1.807, 2.05) is 0 Å². The number of ether oxygens (including phenoxy) is 2. The number of hydrogen-bond acceptors (Lipinski definition) is 9. The van der Waals surface area contributed by atoms with Crippen LogP contribution in [0.5, 0.6) is 0 Å². The molecule has 162 valence electrons. The Bertz CT molecular complexity index is 805. The predicted octanol–water partition coefficient (Wildman–Crippen LogP) is 2.60. The van der Waals surface area contributed by atoms with Crippen molar-refractivity contribution in [2.24, 2.45) is 5.92 Å². The lowest BCUT2D eigenvalue weighted by molar-refractivity contribution is -0.384. The molecule has 29 heavy (non-hydrogen) atoms. The summed E-state index contributed by atoms with van der Waals surface area (Å²) in [5, 5.41) is 10.7. The Morgan fingerprint density at radius 3 is 1.97 bits per heavy atom. The fourth-order valence-corrected chi connectivity index (χ4v) is 3.36. The number of esters is 2. The smallest absolute Gasteiger partial charge is 0.337 e. The Morgan fingerprint density at radius 1 is 1.00 bits per heavy atom. The van der Waals surface area contributed by atoms with Gasteiger partial charge in [0.05, 0.1) is 29.0 Å². The first-order valence-corrected chi connectivity index (χ1v) is 10.6. The van der Waals surface area contributed by atoms with E-state index in [1.165, 1.54) is 0 Å². The summed E-state index contributed by atoms with van der Waals surface area (Å²) in [6, 6.07) is 3.96. The summed E-state index contributed by atoms with van der Waals surface area (Å²) >= 11 is 0. The molecule has 0 radical (unpaired) electrons. The van der Waals surface area contributed by atoms with Crippen LogP contribution in [0.25, 0.3) is 0 Å². The largest absolute Gasteiger partial charge is 0.465 e. The van der Waals surface area contributed by atoms with Crippen LogP contribution in [0.4, 0.5) is 5.69 Å². The van der Waals surface area contributed by atoms with Crippen molar-refractivity contribution in [2.45, 2.75) is 51.0 Å². The minimum atomic E-state index is -4.51. The minimum absolute atomic E-state index is 0.0245. The van der Waals surface area contributed by atoms with Gasteiger partial charge >= 0.3 is 11.9 Å². The van der Waals surface area contributed by atoms with Gasteiger partial charge in [0.15, 0.2) is 6.10 Å². The van der Waals surface area contributed by atoms with Gasteiger partial charge in [-0.3, -0.25) is 19.1 Å². The van der Waals surface area contributed by atoms with Crippen LogP contribution < -0.4 is 0 Å². The van der Waals surface area contributed by atoms with Crippen LogP contribution in [0, 0.1) is 16.0 Å². The van der Waals surface area contributed by atoms with Gasteiger partial charge in [0.2, 0.25) is 0 Å². The van der Waals surface area contributed by atoms with E-state index in [4.69, 9.17) is 13.7 Å². The number of carbonyl (C=O) groups excluding carboxylic acids is 2. The zero-order valence-electron chi connectivity index (χ0n) is 16.5. The Hall–Kier alpha value is -2.53. The SMILES string of the molecule is CCCOC(=O)[C@@H](CC)[C@@H](OS(=O)(=O)c1ccc([N+](=O)[O-])cc1)C(=O)OCCC. The molecule has 0 saturated carbocycles. The van der Waals surface area contributed by atoms with E-state index >= 15 is 0 Å². The second kappa shape index (κ2) is 11.5. The molecule has 11 heteroatoms. The van der Waals surface area contributed by atoms with Crippen LogP contribution in [0.2, 0.25) is 0 Å². The van der Waals surface area contributed by atoms with Crippen molar-refractivity contribution in [1.82, 2.24) is 0 Å². The standard InChI is InChI=1S/C18H25NO9S/c1-4-11-26-17(20)15(6-3)16(18(21)27-12-5-2)28-29(24,25)14-9-7-13(8-10-14)19(22)23/h7-10,15-16H,4-6,11-12H2,1-3H3/t15-,16+/m0/s1. The molecule has 0 N–H and O–H groups in total. The molecule has 0 heterocycles. The highest BCUT2D eigenvalue weighted by atomic mass is 32.2. The average molecular weight is 431 g/mol. The van der Waals surface area contributed by atoms with Gasteiger partial charge in [0.25, 0.3) is 15.8 Å². The first kappa shape index (κ1) is 24.5. The van der Waals surface area contributed by atoms with Crippen LogP contribution in [-0.2, 0) is 33.4 Å². The van der Waals surface area contributed by atoms with E-state index in [2.05, 4.69) is 0 Å². The quantitative estimate of drug-likeness (QED) is 0.211. The normalized spacial score (nSPS) is 13.3. The monoisotopic (exact) mass is 431 g/mol. The van der Waals surface area contributed by atoms with Crippen molar-refractivity contribution in [3.05, 3.63) is 34.4 Å². The van der Waals surface area contributed by atoms with Crippen LogP contribution in [0.1, 0.15) is 40.0 Å². The zero-order chi connectivity index (χ0) is 22.0. The number of nitro benzene ring substituents is 1. The molecule has 0 spiro atoms. The second-order valence-corrected chi connectivity index (χ2v) is 7.64.